The van der Waals surface area contributed by atoms with E-state index in [0.717, 1.165) is 18.0 Å². The standard InChI is InChI=1S/C12H18N2O2S/c1-3-16-12(15)10-8-9(13)4-5-11(10)14-6-7-17-2/h4-5,8,14H,3,6-7,13H2,1-2H3. The maximum absolute atomic E-state index is 11.7. The number of rotatable bonds is 6. The second-order valence-corrected chi connectivity index (χ2v) is 4.43. The highest BCUT2D eigenvalue weighted by atomic mass is 32.2. The number of thioether (sulfide) groups is 1. The topological polar surface area (TPSA) is 64.3 Å². The molecule has 0 aliphatic heterocycles. The van der Waals surface area contributed by atoms with E-state index in [1.165, 1.54) is 0 Å². The van der Waals surface area contributed by atoms with Crippen molar-refractivity contribution in [2.45, 2.75) is 6.92 Å². The summed E-state index contributed by atoms with van der Waals surface area (Å²) in [5, 5.41) is 3.20. The van der Waals surface area contributed by atoms with Crippen molar-refractivity contribution in [3.05, 3.63) is 23.8 Å². The first-order chi connectivity index (χ1) is 8.19. The molecule has 0 bridgehead atoms. The second-order valence-electron chi connectivity index (χ2n) is 3.45. The van der Waals surface area contributed by atoms with Gasteiger partial charge in [0.1, 0.15) is 0 Å². The summed E-state index contributed by atoms with van der Waals surface area (Å²) in [6.45, 7) is 2.94. The number of nitrogens with two attached hydrogens (primary N) is 1. The van der Waals surface area contributed by atoms with Gasteiger partial charge in [-0.15, -0.1) is 0 Å². The maximum Gasteiger partial charge on any atom is 0.340 e. The molecule has 0 atom stereocenters. The Morgan fingerprint density at radius 3 is 2.94 bits per heavy atom. The molecular formula is C12H18N2O2S. The van der Waals surface area contributed by atoms with Crippen LogP contribution in [0.2, 0.25) is 0 Å². The molecule has 0 aliphatic carbocycles. The number of carbonyl (C=O) groups excluding carboxylic acids is 1. The minimum Gasteiger partial charge on any atom is -0.462 e. The van der Waals surface area contributed by atoms with E-state index in [1.807, 2.05) is 12.3 Å². The molecule has 0 aromatic heterocycles. The van der Waals surface area contributed by atoms with Gasteiger partial charge in [-0.25, -0.2) is 4.79 Å². The summed E-state index contributed by atoms with van der Waals surface area (Å²) < 4.78 is 4.99. The van der Waals surface area contributed by atoms with E-state index in [0.29, 0.717) is 17.9 Å². The molecule has 94 valence electrons. The van der Waals surface area contributed by atoms with Gasteiger partial charge in [0.05, 0.1) is 12.2 Å². The fraction of sp³-hybridized carbons (Fsp3) is 0.417. The van der Waals surface area contributed by atoms with E-state index in [4.69, 9.17) is 10.5 Å². The van der Waals surface area contributed by atoms with Crippen LogP contribution in [0.3, 0.4) is 0 Å². The highest BCUT2D eigenvalue weighted by Gasteiger charge is 2.12. The third kappa shape index (κ3) is 4.19. The van der Waals surface area contributed by atoms with Crippen LogP contribution >= 0.6 is 11.8 Å². The summed E-state index contributed by atoms with van der Waals surface area (Å²) in [5.41, 5.74) is 7.50. The molecular weight excluding hydrogens is 236 g/mol. The average molecular weight is 254 g/mol. The van der Waals surface area contributed by atoms with Crippen LogP contribution in [0.15, 0.2) is 18.2 Å². The van der Waals surface area contributed by atoms with Gasteiger partial charge in [0.15, 0.2) is 0 Å². The Morgan fingerprint density at radius 2 is 2.29 bits per heavy atom. The van der Waals surface area contributed by atoms with Crippen molar-refractivity contribution < 1.29 is 9.53 Å². The lowest BCUT2D eigenvalue weighted by Gasteiger charge is -2.11. The lowest BCUT2D eigenvalue weighted by atomic mass is 10.1. The molecule has 0 spiro atoms. The average Bonchev–Trinajstić information content (AvgIpc) is 2.31. The fourth-order valence-corrected chi connectivity index (χ4v) is 1.69. The van der Waals surface area contributed by atoms with Crippen molar-refractivity contribution in [2.24, 2.45) is 0 Å². The molecule has 17 heavy (non-hydrogen) atoms. The van der Waals surface area contributed by atoms with Crippen molar-refractivity contribution in [1.82, 2.24) is 0 Å². The van der Waals surface area contributed by atoms with Crippen LogP contribution in [0, 0.1) is 0 Å². The van der Waals surface area contributed by atoms with Gasteiger partial charge < -0.3 is 15.8 Å². The number of nitrogen functional groups attached to an aromatic ring is 1. The normalized spacial score (nSPS) is 10.0. The van der Waals surface area contributed by atoms with Crippen molar-refractivity contribution in [3.8, 4) is 0 Å². The molecule has 0 heterocycles. The summed E-state index contributed by atoms with van der Waals surface area (Å²) in [6.07, 6.45) is 2.04. The van der Waals surface area contributed by atoms with E-state index in [1.54, 1.807) is 30.8 Å². The molecule has 4 nitrogen and oxygen atoms in total. The predicted molar refractivity (Wildman–Crippen MR) is 73.7 cm³/mol. The van der Waals surface area contributed by atoms with E-state index >= 15 is 0 Å². The molecule has 0 radical (unpaired) electrons. The molecule has 0 saturated carbocycles. The van der Waals surface area contributed by atoms with Crippen molar-refractivity contribution >= 4 is 29.1 Å². The number of hydrogen-bond acceptors (Lipinski definition) is 5. The number of hydrogen-bond donors (Lipinski definition) is 2. The van der Waals surface area contributed by atoms with E-state index < -0.39 is 0 Å². The molecule has 0 unspecified atom stereocenters. The molecule has 5 heteroatoms. The zero-order chi connectivity index (χ0) is 12.7. The smallest absolute Gasteiger partial charge is 0.340 e. The monoisotopic (exact) mass is 254 g/mol. The number of anilines is 2. The lowest BCUT2D eigenvalue weighted by molar-refractivity contribution is 0.0527. The summed E-state index contributed by atoms with van der Waals surface area (Å²) in [7, 11) is 0. The third-order valence-corrected chi connectivity index (χ3v) is 2.77. The van der Waals surface area contributed by atoms with E-state index in [9.17, 15) is 4.79 Å². The van der Waals surface area contributed by atoms with Gasteiger partial charge in [0.25, 0.3) is 0 Å². The molecule has 0 amide bonds. The molecule has 1 aromatic carbocycles. The first-order valence-electron chi connectivity index (χ1n) is 5.48. The minimum atomic E-state index is -0.341. The SMILES string of the molecule is CCOC(=O)c1cc(N)ccc1NCCSC. The third-order valence-electron chi connectivity index (χ3n) is 2.16. The summed E-state index contributed by atoms with van der Waals surface area (Å²) in [5.74, 6) is 0.638. The highest BCUT2D eigenvalue weighted by Crippen LogP contribution is 2.20. The first-order valence-corrected chi connectivity index (χ1v) is 6.88. The fourth-order valence-electron chi connectivity index (χ4n) is 1.38. The predicted octanol–water partition coefficient (Wildman–Crippen LogP) is 2.22. The lowest BCUT2D eigenvalue weighted by Crippen LogP contribution is -2.12. The number of benzene rings is 1. The number of carbonyl (C=O) groups is 1. The maximum atomic E-state index is 11.7. The van der Waals surface area contributed by atoms with Crippen LogP contribution in [0.25, 0.3) is 0 Å². The summed E-state index contributed by atoms with van der Waals surface area (Å²) in [4.78, 5) is 11.7. The number of nitrogens with one attached hydrogen (secondary N) is 1. The number of esters is 1. The van der Waals surface area contributed by atoms with E-state index in [-0.39, 0.29) is 5.97 Å². The second kappa shape index (κ2) is 7.06. The molecule has 0 aliphatic rings. The first kappa shape index (κ1) is 13.7. The summed E-state index contributed by atoms with van der Waals surface area (Å²) in [6, 6.07) is 5.21. The van der Waals surface area contributed by atoms with Gasteiger partial charge in [0, 0.05) is 23.7 Å². The van der Waals surface area contributed by atoms with Crippen LogP contribution < -0.4 is 11.1 Å². The molecule has 1 aromatic rings. The Morgan fingerprint density at radius 1 is 1.53 bits per heavy atom. The quantitative estimate of drug-likeness (QED) is 0.463. The largest absolute Gasteiger partial charge is 0.462 e. The molecule has 3 N–H and O–H groups in total. The van der Waals surface area contributed by atoms with Gasteiger partial charge in [-0.2, -0.15) is 11.8 Å². The Balaban J connectivity index is 2.83. The van der Waals surface area contributed by atoms with E-state index in [2.05, 4.69) is 5.32 Å². The zero-order valence-corrected chi connectivity index (χ0v) is 11.0. The Kier molecular flexibility index (Phi) is 5.69. The van der Waals surface area contributed by atoms with Crippen LogP contribution in [-0.4, -0.2) is 31.1 Å². The molecule has 0 fully saturated rings. The molecule has 0 saturated heterocycles. The number of ether oxygens (including phenoxy) is 1. The van der Waals surface area contributed by atoms with Crippen LogP contribution in [0.5, 0.6) is 0 Å². The van der Waals surface area contributed by atoms with Crippen LogP contribution in [0.4, 0.5) is 11.4 Å². The van der Waals surface area contributed by atoms with Crippen LogP contribution in [0.1, 0.15) is 17.3 Å². The highest BCUT2D eigenvalue weighted by molar-refractivity contribution is 7.98. The zero-order valence-electron chi connectivity index (χ0n) is 10.2. The van der Waals surface area contributed by atoms with Crippen molar-refractivity contribution in [2.75, 3.05) is 36.2 Å². The Hall–Kier alpha value is -1.36. The van der Waals surface area contributed by atoms with Gasteiger partial charge in [-0.05, 0) is 31.4 Å². The van der Waals surface area contributed by atoms with Crippen LogP contribution in [-0.2, 0) is 4.74 Å². The minimum absolute atomic E-state index is 0.341. The van der Waals surface area contributed by atoms with Gasteiger partial charge in [0.2, 0.25) is 0 Å². The Labute approximate surface area is 106 Å². The van der Waals surface area contributed by atoms with Crippen molar-refractivity contribution in [1.29, 1.82) is 0 Å². The summed E-state index contributed by atoms with van der Waals surface area (Å²) >= 11 is 1.75. The Bertz CT molecular complexity index is 383. The van der Waals surface area contributed by atoms with Gasteiger partial charge in [-0.3, -0.25) is 0 Å². The molecule has 1 rings (SSSR count). The van der Waals surface area contributed by atoms with Gasteiger partial charge >= 0.3 is 5.97 Å². The van der Waals surface area contributed by atoms with Gasteiger partial charge in [-0.1, -0.05) is 0 Å². The van der Waals surface area contributed by atoms with Crippen molar-refractivity contribution in [3.63, 3.8) is 0 Å².